The molecule has 0 aliphatic rings. The zero-order valence-corrected chi connectivity index (χ0v) is 27.2. The molecule has 2 aromatic heterocycles. The topological polar surface area (TPSA) is 132 Å². The number of carbonyl (C=O) groups excluding carboxylic acids is 1. The number of hydrogen-bond donors (Lipinski definition) is 1. The van der Waals surface area contributed by atoms with Crippen molar-refractivity contribution in [1.29, 1.82) is 0 Å². The molecule has 0 saturated heterocycles. The minimum absolute atomic E-state index is 0.0776. The van der Waals surface area contributed by atoms with Gasteiger partial charge in [0.25, 0.3) is 0 Å². The van der Waals surface area contributed by atoms with E-state index in [1.54, 1.807) is 18.2 Å². The zero-order chi connectivity index (χ0) is 32.2. The normalized spacial score (nSPS) is 12.2. The Labute approximate surface area is 267 Å². The molecule has 238 valence electrons. The molecule has 1 N–H and O–H groups in total. The number of unbranched alkanes of at least 4 members (excludes halogenated alkanes) is 2. The third kappa shape index (κ3) is 8.53. The molecule has 1 unspecified atom stereocenters. The molecule has 0 amide bonds. The third-order valence-electron chi connectivity index (χ3n) is 7.37. The fourth-order valence-corrected chi connectivity index (χ4v) is 5.33. The number of aromatic amines is 1. The maximum atomic E-state index is 13.5. The number of H-pyrrole nitrogens is 1. The van der Waals surface area contributed by atoms with Gasteiger partial charge in [-0.1, -0.05) is 58.6 Å². The number of aryl methyl sites for hydroxylation is 1. The van der Waals surface area contributed by atoms with Crippen LogP contribution in [0, 0.1) is 5.92 Å². The quantitative estimate of drug-likeness (QED) is 0.0746. The Morgan fingerprint density at radius 2 is 1.67 bits per heavy atom. The van der Waals surface area contributed by atoms with Gasteiger partial charge in [0.2, 0.25) is 0 Å². The highest BCUT2D eigenvalue weighted by Gasteiger charge is 2.24. The van der Waals surface area contributed by atoms with Crippen LogP contribution in [0.25, 0.3) is 5.00 Å². The number of carbonyl (C=O) groups is 1. The van der Waals surface area contributed by atoms with Crippen molar-refractivity contribution in [3.63, 3.8) is 0 Å². The molecule has 4 aromatic rings. The summed E-state index contributed by atoms with van der Waals surface area (Å²) in [6, 6.07) is 14.6. The van der Waals surface area contributed by atoms with E-state index in [-0.39, 0.29) is 29.6 Å². The summed E-state index contributed by atoms with van der Waals surface area (Å²) in [5.41, 5.74) is 1.76. The molecule has 0 saturated carbocycles. The number of rotatable bonds is 16. The summed E-state index contributed by atoms with van der Waals surface area (Å²) in [5.74, 6) is 0.267. The number of methoxy groups -OCH3 is 2. The van der Waals surface area contributed by atoms with Crippen molar-refractivity contribution in [3.8, 4) is 16.5 Å². The number of hydrogen-bond acceptors (Lipinski definition) is 10. The third-order valence-corrected chi connectivity index (χ3v) is 8.22. The number of nitrogens with one attached hydrogen (secondary N) is 1. The predicted octanol–water partition coefficient (Wildman–Crippen LogP) is 9.40. The van der Waals surface area contributed by atoms with Gasteiger partial charge in [-0.2, -0.15) is 5.11 Å². The molecule has 4 rings (SSSR count). The average Bonchev–Trinajstić information content (AvgIpc) is 3.72. The van der Waals surface area contributed by atoms with E-state index in [2.05, 4.69) is 46.3 Å². The molecular formula is C33H40N6O5S. The van der Waals surface area contributed by atoms with Crippen LogP contribution < -0.4 is 15.0 Å². The molecule has 11 nitrogen and oxygen atoms in total. The largest absolute Gasteiger partial charge is 0.494 e. The lowest BCUT2D eigenvalue weighted by Gasteiger charge is -2.14. The Morgan fingerprint density at radius 3 is 2.29 bits per heavy atom. The van der Waals surface area contributed by atoms with E-state index in [1.807, 2.05) is 35.7 Å². The zero-order valence-electron chi connectivity index (χ0n) is 26.4. The van der Waals surface area contributed by atoms with E-state index in [4.69, 9.17) is 14.2 Å². The van der Waals surface area contributed by atoms with Gasteiger partial charge < -0.3 is 14.2 Å². The van der Waals surface area contributed by atoms with Crippen molar-refractivity contribution in [2.24, 2.45) is 26.4 Å². The smallest absolute Gasteiger partial charge is 0.358 e. The minimum Gasteiger partial charge on any atom is -0.494 e. The van der Waals surface area contributed by atoms with E-state index < -0.39 is 11.5 Å². The number of nitrogens with zero attached hydrogens (tertiary/aromatic N) is 5. The van der Waals surface area contributed by atoms with Crippen molar-refractivity contribution < 1.29 is 19.0 Å². The molecule has 45 heavy (non-hydrogen) atoms. The van der Waals surface area contributed by atoms with Gasteiger partial charge in [0.15, 0.2) is 11.4 Å². The summed E-state index contributed by atoms with van der Waals surface area (Å²) in [6.07, 6.45) is 6.08. The van der Waals surface area contributed by atoms with Gasteiger partial charge in [-0.05, 0) is 54.0 Å². The van der Waals surface area contributed by atoms with Crippen molar-refractivity contribution in [2.75, 3.05) is 20.8 Å². The molecular weight excluding hydrogens is 592 g/mol. The summed E-state index contributed by atoms with van der Waals surface area (Å²) in [4.78, 5) is 26.8. The van der Waals surface area contributed by atoms with Gasteiger partial charge in [0.1, 0.15) is 27.9 Å². The number of benzene rings is 2. The Hall–Kier alpha value is -4.58. The number of azo groups is 2. The van der Waals surface area contributed by atoms with Gasteiger partial charge in [-0.15, -0.1) is 26.7 Å². The van der Waals surface area contributed by atoms with Gasteiger partial charge in [0.05, 0.1) is 26.5 Å². The van der Waals surface area contributed by atoms with Gasteiger partial charge in [-0.3, -0.25) is 9.89 Å². The van der Waals surface area contributed by atoms with Gasteiger partial charge in [-0.25, -0.2) is 9.48 Å². The van der Waals surface area contributed by atoms with Crippen LogP contribution in [-0.2, 0) is 11.2 Å². The molecule has 12 heteroatoms. The fourth-order valence-electron chi connectivity index (χ4n) is 4.65. The number of esters is 1. The Balaban J connectivity index is 1.65. The number of aromatic nitrogens is 2. The predicted molar refractivity (Wildman–Crippen MR) is 176 cm³/mol. The minimum atomic E-state index is -0.669. The van der Waals surface area contributed by atoms with Crippen molar-refractivity contribution in [1.82, 2.24) is 9.78 Å². The first-order valence-corrected chi connectivity index (χ1v) is 16.0. The Bertz CT molecular complexity index is 1680. The highest BCUT2D eigenvalue weighted by atomic mass is 32.1. The number of ether oxygens (including phenoxy) is 3. The summed E-state index contributed by atoms with van der Waals surface area (Å²) in [6.45, 7) is 6.57. The molecule has 0 aliphatic heterocycles. The van der Waals surface area contributed by atoms with Crippen LogP contribution in [-0.4, -0.2) is 36.6 Å². The maximum absolute atomic E-state index is 13.5. The highest BCUT2D eigenvalue weighted by molar-refractivity contribution is 7.12. The fraction of sp³-hybridized carbons (Fsp3) is 0.394. The van der Waals surface area contributed by atoms with Crippen molar-refractivity contribution in [2.45, 2.75) is 59.3 Å². The second-order valence-electron chi connectivity index (χ2n) is 10.4. The average molecular weight is 633 g/mol. The molecule has 0 fully saturated rings. The lowest BCUT2D eigenvalue weighted by molar-refractivity contribution is 0.0421. The van der Waals surface area contributed by atoms with Crippen LogP contribution in [0.2, 0.25) is 0 Å². The van der Waals surface area contributed by atoms with Crippen LogP contribution in [0.1, 0.15) is 68.9 Å². The van der Waals surface area contributed by atoms with Crippen LogP contribution in [0.4, 0.5) is 22.7 Å². The lowest BCUT2D eigenvalue weighted by Crippen LogP contribution is -2.15. The summed E-state index contributed by atoms with van der Waals surface area (Å²) in [7, 11) is 2.99. The standard InChI is InChI=1S/C33H40N6O5S/c1-6-9-10-13-23(8-3)21-44-33(41)31-30(32(40)39(38-31)29-16-12-17-45-29)37-36-26-20-27(42-4)25(19-28(26)43-5)35-34-24-15-11-14-22(7-2)18-24/h11-12,14-20,23,38H,6-10,13,21H2,1-5H3. The second-order valence-corrected chi connectivity index (χ2v) is 11.3. The molecule has 1 atom stereocenters. The summed E-state index contributed by atoms with van der Waals surface area (Å²) in [5, 5.41) is 22.6. The van der Waals surface area contributed by atoms with E-state index in [0.29, 0.717) is 27.9 Å². The van der Waals surface area contributed by atoms with Crippen LogP contribution in [0.5, 0.6) is 11.5 Å². The molecule has 2 heterocycles. The molecule has 2 aromatic carbocycles. The van der Waals surface area contributed by atoms with E-state index >= 15 is 0 Å². The van der Waals surface area contributed by atoms with E-state index in [1.165, 1.54) is 30.2 Å². The first kappa shape index (κ1) is 33.3. The Kier molecular flexibility index (Phi) is 12.2. The first-order chi connectivity index (χ1) is 21.9. The highest BCUT2D eigenvalue weighted by Crippen LogP contribution is 2.41. The monoisotopic (exact) mass is 632 g/mol. The van der Waals surface area contributed by atoms with E-state index in [9.17, 15) is 9.59 Å². The van der Waals surface area contributed by atoms with Crippen LogP contribution in [0.15, 0.2) is 79.2 Å². The van der Waals surface area contributed by atoms with Gasteiger partial charge in [0, 0.05) is 12.1 Å². The molecule has 0 aliphatic carbocycles. The van der Waals surface area contributed by atoms with Crippen LogP contribution >= 0.6 is 11.3 Å². The SMILES string of the molecule is CCCCCC(CC)COC(=O)c1[nH]n(-c2cccs2)c(=O)c1N=Nc1cc(OC)c(N=Nc2cccc(CC)c2)cc1OC. The second kappa shape index (κ2) is 16.5. The molecule has 0 spiro atoms. The lowest BCUT2D eigenvalue weighted by atomic mass is 10.00. The van der Waals surface area contributed by atoms with Crippen LogP contribution in [0.3, 0.4) is 0 Å². The molecule has 0 radical (unpaired) electrons. The first-order valence-electron chi connectivity index (χ1n) is 15.2. The van der Waals surface area contributed by atoms with Gasteiger partial charge >= 0.3 is 11.5 Å². The summed E-state index contributed by atoms with van der Waals surface area (Å²) < 4.78 is 18.1. The summed E-state index contributed by atoms with van der Waals surface area (Å²) >= 11 is 1.34. The number of thiophene rings is 1. The van der Waals surface area contributed by atoms with Crippen molar-refractivity contribution >= 4 is 40.1 Å². The molecule has 0 bridgehead atoms. The van der Waals surface area contributed by atoms with E-state index in [0.717, 1.165) is 44.1 Å². The van der Waals surface area contributed by atoms with Crippen molar-refractivity contribution in [3.05, 3.63) is 75.5 Å². The Morgan fingerprint density at radius 1 is 0.933 bits per heavy atom. The maximum Gasteiger partial charge on any atom is 0.358 e.